The van der Waals surface area contributed by atoms with Crippen LogP contribution in [0.4, 0.5) is 0 Å². The van der Waals surface area contributed by atoms with Gasteiger partial charge in [-0.05, 0) is 87.2 Å². The van der Waals surface area contributed by atoms with Crippen LogP contribution in [0.15, 0.2) is 23.3 Å². The molecule has 40 heavy (non-hydrogen) atoms. The number of rotatable bonds is 2. The third kappa shape index (κ3) is 3.33. The van der Waals surface area contributed by atoms with Crippen LogP contribution < -0.4 is 5.32 Å². The van der Waals surface area contributed by atoms with Gasteiger partial charge in [0.1, 0.15) is 11.7 Å². The molecular formula is C34H48N2O4. The number of fused-ring (bicyclic) bond motifs is 7. The van der Waals surface area contributed by atoms with E-state index in [9.17, 15) is 24.8 Å². The second-order valence-corrected chi connectivity index (χ2v) is 16.0. The molecule has 5 rings (SSSR count). The lowest BCUT2D eigenvalue weighted by molar-refractivity contribution is -0.242. The van der Waals surface area contributed by atoms with Crippen molar-refractivity contribution in [2.45, 2.75) is 119 Å². The second kappa shape index (κ2) is 8.40. The number of allylic oxidation sites excluding steroid dienone is 3. The first kappa shape index (κ1) is 29.2. The Hall–Kier alpha value is -2.26. The van der Waals surface area contributed by atoms with E-state index < -0.39 is 32.7 Å². The number of Topliss-reactive ketones (excluding diaryl/α,β-unsaturated/α-hetero) is 1. The minimum absolute atomic E-state index is 0.00224. The molecule has 5 aliphatic carbocycles. The molecule has 0 aromatic heterocycles. The Labute approximate surface area is 240 Å². The van der Waals surface area contributed by atoms with E-state index in [-0.39, 0.29) is 46.3 Å². The predicted molar refractivity (Wildman–Crippen MR) is 154 cm³/mol. The fourth-order valence-corrected chi connectivity index (χ4v) is 10.4. The molecular weight excluding hydrogens is 500 g/mol. The quantitative estimate of drug-likeness (QED) is 0.450. The lowest BCUT2D eigenvalue weighted by Crippen LogP contribution is -2.74. The molecule has 0 aliphatic heterocycles. The van der Waals surface area contributed by atoms with Crippen molar-refractivity contribution in [2.75, 3.05) is 0 Å². The van der Waals surface area contributed by atoms with Gasteiger partial charge in [-0.25, -0.2) is 0 Å². The summed E-state index contributed by atoms with van der Waals surface area (Å²) in [7, 11) is 0. The Bertz CT molecular complexity index is 1300. The summed E-state index contributed by atoms with van der Waals surface area (Å²) in [6.45, 7) is 18.4. The average Bonchev–Trinajstić information content (AvgIpc) is 2.86. The number of nitriles is 1. The van der Waals surface area contributed by atoms with Crippen molar-refractivity contribution >= 4 is 17.5 Å². The summed E-state index contributed by atoms with van der Waals surface area (Å²) in [5.41, 5.74) is -4.01. The molecule has 0 heterocycles. The molecule has 0 radical (unpaired) electrons. The zero-order valence-electron chi connectivity index (χ0n) is 26.0. The summed E-state index contributed by atoms with van der Waals surface area (Å²) in [5.74, 6) is -0.783. The second-order valence-electron chi connectivity index (χ2n) is 16.0. The number of nitrogens with one attached hydrogen (secondary N) is 1. The van der Waals surface area contributed by atoms with E-state index in [0.29, 0.717) is 12.8 Å². The van der Waals surface area contributed by atoms with Gasteiger partial charge >= 0.3 is 0 Å². The molecule has 5 aliphatic rings. The summed E-state index contributed by atoms with van der Waals surface area (Å²) >= 11 is 0. The van der Waals surface area contributed by atoms with E-state index in [0.717, 1.165) is 37.7 Å². The van der Waals surface area contributed by atoms with Gasteiger partial charge in [-0.2, -0.15) is 5.26 Å². The van der Waals surface area contributed by atoms with E-state index in [4.69, 9.17) is 0 Å². The molecule has 6 heteroatoms. The average molecular weight is 549 g/mol. The summed E-state index contributed by atoms with van der Waals surface area (Å²) in [4.78, 5) is 41.2. The van der Waals surface area contributed by atoms with Crippen LogP contribution in [0, 0.1) is 55.7 Å². The molecule has 8 atom stereocenters. The van der Waals surface area contributed by atoms with Gasteiger partial charge in [0.05, 0.1) is 5.57 Å². The van der Waals surface area contributed by atoms with E-state index in [1.165, 1.54) is 0 Å². The third-order valence-electron chi connectivity index (χ3n) is 13.2. The Morgan fingerprint density at radius 1 is 1.00 bits per heavy atom. The number of hydrogen-bond donors (Lipinski definition) is 2. The van der Waals surface area contributed by atoms with Crippen molar-refractivity contribution in [3.8, 4) is 6.07 Å². The Morgan fingerprint density at radius 2 is 1.62 bits per heavy atom. The molecule has 0 bridgehead atoms. The fourth-order valence-electron chi connectivity index (χ4n) is 10.4. The SMILES string of the molecule is CC(C)NC(=O)[C@@]1(C)CC[C@]2(C)CC[C@@]3(C)[C@]4(C)CC[C@H]5C(C)(C)C(=O)C(C#N)=C[C@]5(C)C4=CC(=O)[C@]3(O)[C@@H]2C1. The number of ketones is 2. The number of hydrogen-bond acceptors (Lipinski definition) is 5. The number of amides is 1. The number of carbonyl (C=O) groups is 3. The monoisotopic (exact) mass is 548 g/mol. The standard InChI is InChI=1S/C34H48N2O4/c1-20(2)36-27(39)30(6)13-12-29(5)14-15-33(9)32(8)11-10-22-28(3,4)26(38)21(19-35)17-31(22,7)23(32)16-25(37)34(33,40)24(29)18-30/h16-17,20,22,24,40H,10-15,18H2,1-9H3,(H,36,39)/t22-,24+,29+,30-,31-,32+,33-,34+/m0/s1. The highest BCUT2D eigenvalue weighted by Crippen LogP contribution is 2.75. The van der Waals surface area contributed by atoms with E-state index in [1.54, 1.807) is 6.08 Å². The van der Waals surface area contributed by atoms with Crippen LogP contribution in [0.25, 0.3) is 0 Å². The highest BCUT2D eigenvalue weighted by Gasteiger charge is 2.75. The zero-order valence-corrected chi connectivity index (χ0v) is 26.0. The lowest BCUT2D eigenvalue weighted by atomic mass is 9.33. The highest BCUT2D eigenvalue weighted by molar-refractivity contribution is 6.05. The lowest BCUT2D eigenvalue weighted by Gasteiger charge is -2.71. The van der Waals surface area contributed by atoms with Crippen molar-refractivity contribution in [3.63, 3.8) is 0 Å². The highest BCUT2D eigenvalue weighted by atomic mass is 16.3. The van der Waals surface area contributed by atoms with Crippen LogP contribution in [0.1, 0.15) is 107 Å². The van der Waals surface area contributed by atoms with Gasteiger partial charge in [-0.15, -0.1) is 0 Å². The third-order valence-corrected chi connectivity index (χ3v) is 13.2. The van der Waals surface area contributed by atoms with Gasteiger partial charge in [0.25, 0.3) is 0 Å². The van der Waals surface area contributed by atoms with E-state index >= 15 is 0 Å². The van der Waals surface area contributed by atoms with Crippen molar-refractivity contribution in [3.05, 3.63) is 23.3 Å². The molecule has 0 aromatic rings. The van der Waals surface area contributed by atoms with Crippen molar-refractivity contribution in [1.82, 2.24) is 5.32 Å². The van der Waals surface area contributed by atoms with Crippen LogP contribution in [-0.2, 0) is 14.4 Å². The van der Waals surface area contributed by atoms with Crippen molar-refractivity contribution < 1.29 is 19.5 Å². The topological polar surface area (TPSA) is 107 Å². The maximum atomic E-state index is 14.5. The van der Waals surface area contributed by atoms with Crippen molar-refractivity contribution in [1.29, 1.82) is 5.26 Å². The number of carbonyl (C=O) groups excluding carboxylic acids is 3. The minimum atomic E-state index is -1.61. The van der Waals surface area contributed by atoms with Crippen molar-refractivity contribution in [2.24, 2.45) is 44.3 Å². The fraction of sp³-hybridized carbons (Fsp3) is 0.765. The molecule has 0 saturated heterocycles. The maximum Gasteiger partial charge on any atom is 0.226 e. The summed E-state index contributed by atoms with van der Waals surface area (Å²) < 4.78 is 0. The van der Waals surface area contributed by atoms with Crippen LogP contribution in [0.2, 0.25) is 0 Å². The normalized spacial score (nSPS) is 47.5. The molecule has 218 valence electrons. The summed E-state index contributed by atoms with van der Waals surface area (Å²) in [5, 5.41) is 26.0. The molecule has 3 fully saturated rings. The van der Waals surface area contributed by atoms with Crippen LogP contribution in [-0.4, -0.2) is 34.2 Å². The van der Waals surface area contributed by atoms with Gasteiger partial charge in [0.15, 0.2) is 11.6 Å². The Morgan fingerprint density at radius 3 is 2.23 bits per heavy atom. The molecule has 3 saturated carbocycles. The van der Waals surface area contributed by atoms with Gasteiger partial charge in [-0.3, -0.25) is 14.4 Å². The van der Waals surface area contributed by atoms with Gasteiger partial charge < -0.3 is 10.4 Å². The predicted octanol–water partition coefficient (Wildman–Crippen LogP) is 5.85. The molecule has 0 aromatic carbocycles. The van der Waals surface area contributed by atoms with Gasteiger partial charge in [0.2, 0.25) is 5.91 Å². The minimum Gasteiger partial charge on any atom is -0.381 e. The number of nitrogens with zero attached hydrogens (tertiary/aromatic N) is 1. The largest absolute Gasteiger partial charge is 0.381 e. The molecule has 0 unspecified atom stereocenters. The molecule has 2 N–H and O–H groups in total. The van der Waals surface area contributed by atoms with Gasteiger partial charge in [0, 0.05) is 33.6 Å². The Balaban J connectivity index is 1.68. The maximum absolute atomic E-state index is 14.5. The molecule has 0 spiro atoms. The first-order valence-electron chi connectivity index (χ1n) is 15.3. The first-order valence-corrected chi connectivity index (χ1v) is 15.3. The Kier molecular flexibility index (Phi) is 6.14. The first-order chi connectivity index (χ1) is 18.3. The molecule has 6 nitrogen and oxygen atoms in total. The smallest absolute Gasteiger partial charge is 0.226 e. The number of aliphatic hydroxyl groups is 1. The summed E-state index contributed by atoms with van der Waals surface area (Å²) in [6, 6.07) is 2.17. The summed E-state index contributed by atoms with van der Waals surface area (Å²) in [6.07, 6.45) is 8.67. The van der Waals surface area contributed by atoms with Crippen LogP contribution in [0.5, 0.6) is 0 Å². The van der Waals surface area contributed by atoms with Crippen LogP contribution in [0.3, 0.4) is 0 Å². The van der Waals surface area contributed by atoms with E-state index in [2.05, 4.69) is 39.1 Å². The van der Waals surface area contributed by atoms with E-state index in [1.807, 2.05) is 40.7 Å². The van der Waals surface area contributed by atoms with Gasteiger partial charge in [-0.1, -0.05) is 54.5 Å². The van der Waals surface area contributed by atoms with Crippen LogP contribution >= 0.6 is 0 Å². The molecule has 1 amide bonds. The zero-order chi connectivity index (χ0) is 29.9.